The Kier molecular flexibility index (Phi) is 8.93. The van der Waals surface area contributed by atoms with E-state index in [1.165, 1.54) is 23.1 Å². The number of amides is 3. The second-order valence-corrected chi connectivity index (χ2v) is 10.9. The number of rotatable bonds is 8. The normalized spacial score (nSPS) is 22.9. The summed E-state index contributed by atoms with van der Waals surface area (Å²) in [6, 6.07) is 2.39. The number of nitriles is 1. The molecule has 34 heavy (non-hydrogen) atoms. The number of piperidine rings is 1. The van der Waals surface area contributed by atoms with E-state index in [9.17, 15) is 20.0 Å². The molecule has 1 saturated heterocycles. The zero-order valence-electron chi connectivity index (χ0n) is 20.9. The van der Waals surface area contributed by atoms with Gasteiger partial charge in [0.25, 0.3) is 0 Å². The largest absolute Gasteiger partial charge is 0.373 e. The lowest BCUT2D eigenvalue weighted by atomic mass is 9.73. The third-order valence-electron chi connectivity index (χ3n) is 6.89. The number of likely N-dealkylation sites (tertiary alicyclic amines) is 1. The van der Waals surface area contributed by atoms with Gasteiger partial charge in [-0.15, -0.1) is 11.3 Å². The summed E-state index contributed by atoms with van der Waals surface area (Å²) < 4.78 is 0. The molecule has 4 atom stereocenters. The minimum Gasteiger partial charge on any atom is -0.373 e. The maximum atomic E-state index is 12.9. The number of fused-ring (bicyclic) bond motifs is 2. The summed E-state index contributed by atoms with van der Waals surface area (Å²) in [5, 5.41) is 27.4. The predicted molar refractivity (Wildman–Crippen MR) is 134 cm³/mol. The van der Waals surface area contributed by atoms with Gasteiger partial charge in [-0.1, -0.05) is 6.92 Å². The molecule has 1 aromatic heterocycles. The van der Waals surface area contributed by atoms with Crippen LogP contribution in [-0.2, 0) is 17.6 Å². The smallest absolute Gasteiger partial charge is 0.319 e. The van der Waals surface area contributed by atoms with Gasteiger partial charge in [0.2, 0.25) is 5.91 Å². The highest BCUT2D eigenvalue weighted by Gasteiger charge is 2.43. The van der Waals surface area contributed by atoms with Gasteiger partial charge in [0, 0.05) is 49.9 Å². The minimum atomic E-state index is -0.864. The molecule has 1 aromatic rings. The van der Waals surface area contributed by atoms with E-state index in [1.54, 1.807) is 4.90 Å². The fourth-order valence-electron chi connectivity index (χ4n) is 5.29. The summed E-state index contributed by atoms with van der Waals surface area (Å²) in [5.74, 6) is 0.0312. The molecule has 0 saturated carbocycles. The molecular formula is C24H38N6O3S. The fraction of sp³-hybridized carbons (Fsp3) is 0.708. The molecule has 0 radical (unpaired) electrons. The molecular weight excluding hydrogens is 452 g/mol. The number of urea groups is 1. The molecule has 1 aliphatic carbocycles. The van der Waals surface area contributed by atoms with Crippen LogP contribution in [0, 0.1) is 23.2 Å². The van der Waals surface area contributed by atoms with Crippen molar-refractivity contribution >= 4 is 28.3 Å². The number of carbonyl (C=O) groups excluding carboxylic acids is 2. The molecule has 0 spiro atoms. The lowest BCUT2D eigenvalue weighted by Crippen LogP contribution is -2.57. The second kappa shape index (κ2) is 11.5. The molecule has 3 N–H and O–H groups in total. The van der Waals surface area contributed by atoms with Gasteiger partial charge in [-0.3, -0.25) is 9.69 Å². The molecule has 3 amide bonds. The SMILES string of the molecule is CCCN(C(=O)NCCN(C)C)C(O)[C@@H]1C[C@@H]2Cc3c(sc(NC(C)=O)c3C#N)C[C@H]2N(C)C1. The van der Waals surface area contributed by atoms with Crippen LogP contribution in [-0.4, -0.2) is 91.3 Å². The number of anilines is 1. The van der Waals surface area contributed by atoms with Crippen molar-refractivity contribution in [3.63, 3.8) is 0 Å². The third kappa shape index (κ3) is 5.89. The Labute approximate surface area is 206 Å². The highest BCUT2D eigenvalue weighted by molar-refractivity contribution is 7.16. The number of nitrogens with one attached hydrogen (secondary N) is 2. The Morgan fingerprint density at radius 1 is 1.32 bits per heavy atom. The molecule has 3 rings (SSSR count). The molecule has 0 bridgehead atoms. The molecule has 2 aliphatic rings. The molecule has 10 heteroatoms. The summed E-state index contributed by atoms with van der Waals surface area (Å²) in [5.41, 5.74) is 1.61. The summed E-state index contributed by atoms with van der Waals surface area (Å²) >= 11 is 1.51. The van der Waals surface area contributed by atoms with Gasteiger partial charge in [0.05, 0.1) is 5.56 Å². The van der Waals surface area contributed by atoms with Crippen LogP contribution in [0.25, 0.3) is 0 Å². The van der Waals surface area contributed by atoms with Crippen molar-refractivity contribution in [1.29, 1.82) is 5.26 Å². The summed E-state index contributed by atoms with van der Waals surface area (Å²) in [6.45, 7) is 5.93. The topological polar surface area (TPSA) is 112 Å². The van der Waals surface area contributed by atoms with Gasteiger partial charge >= 0.3 is 6.03 Å². The van der Waals surface area contributed by atoms with Crippen molar-refractivity contribution in [3.05, 3.63) is 16.0 Å². The Hall–Kier alpha value is -2.19. The van der Waals surface area contributed by atoms with Crippen LogP contribution in [0.4, 0.5) is 9.80 Å². The zero-order chi connectivity index (χ0) is 25.0. The predicted octanol–water partition coefficient (Wildman–Crippen LogP) is 1.91. The monoisotopic (exact) mass is 490 g/mol. The van der Waals surface area contributed by atoms with E-state index in [0.29, 0.717) is 36.2 Å². The molecule has 2 heterocycles. The quantitative estimate of drug-likeness (QED) is 0.480. The number of aliphatic hydroxyl groups excluding tert-OH is 1. The van der Waals surface area contributed by atoms with E-state index >= 15 is 0 Å². The highest BCUT2D eigenvalue weighted by atomic mass is 32.1. The van der Waals surface area contributed by atoms with Gasteiger partial charge in [0.1, 0.15) is 17.3 Å². The average Bonchev–Trinajstić information content (AvgIpc) is 3.10. The van der Waals surface area contributed by atoms with Crippen LogP contribution in [0.2, 0.25) is 0 Å². The summed E-state index contributed by atoms with van der Waals surface area (Å²) in [6.07, 6.45) is 2.27. The molecule has 1 aliphatic heterocycles. The van der Waals surface area contributed by atoms with Crippen LogP contribution in [0.1, 0.15) is 42.7 Å². The molecule has 0 aromatic carbocycles. The second-order valence-electron chi connectivity index (χ2n) is 9.81. The van der Waals surface area contributed by atoms with Gasteiger partial charge in [0.15, 0.2) is 0 Å². The number of thiophene rings is 1. The zero-order valence-corrected chi connectivity index (χ0v) is 21.7. The number of likely N-dealkylation sites (N-methyl/N-ethyl adjacent to an activating group) is 2. The fourth-order valence-corrected chi connectivity index (χ4v) is 6.57. The Morgan fingerprint density at radius 3 is 2.68 bits per heavy atom. The first-order valence-electron chi connectivity index (χ1n) is 12.1. The van der Waals surface area contributed by atoms with E-state index in [2.05, 4.69) is 28.7 Å². The van der Waals surface area contributed by atoms with Crippen LogP contribution in [0.15, 0.2) is 0 Å². The van der Waals surface area contributed by atoms with E-state index in [1.807, 2.05) is 25.9 Å². The van der Waals surface area contributed by atoms with E-state index in [-0.39, 0.29) is 23.8 Å². The van der Waals surface area contributed by atoms with E-state index in [0.717, 1.165) is 37.8 Å². The highest BCUT2D eigenvalue weighted by Crippen LogP contribution is 2.44. The summed E-state index contributed by atoms with van der Waals surface area (Å²) in [7, 11) is 5.99. The number of hydrogen-bond acceptors (Lipinski definition) is 7. The third-order valence-corrected chi connectivity index (χ3v) is 8.06. The van der Waals surface area contributed by atoms with Crippen molar-refractivity contribution in [2.24, 2.45) is 11.8 Å². The first-order valence-corrected chi connectivity index (χ1v) is 12.9. The van der Waals surface area contributed by atoms with Crippen LogP contribution < -0.4 is 10.6 Å². The van der Waals surface area contributed by atoms with Gasteiger partial charge < -0.3 is 25.5 Å². The van der Waals surface area contributed by atoms with Crippen molar-refractivity contribution in [2.45, 2.75) is 51.8 Å². The number of aliphatic hydroxyl groups is 1. The molecule has 9 nitrogen and oxygen atoms in total. The Bertz CT molecular complexity index is 927. The van der Waals surface area contributed by atoms with Gasteiger partial charge in [-0.05, 0) is 58.3 Å². The average molecular weight is 491 g/mol. The lowest BCUT2D eigenvalue weighted by molar-refractivity contribution is -0.114. The maximum absolute atomic E-state index is 12.9. The molecule has 1 unspecified atom stereocenters. The standard InChI is InChI=1S/C24H38N6O3S/c1-6-8-30(24(33)26-7-9-28(3)4)23(32)17-10-16-11-18-19(13-25)22(27-15(2)31)34-21(18)12-20(16)29(5)14-17/h16-17,20,23,32H,6-12,14H2,1-5H3,(H,26,33)(H,27,31)/t16-,17-,20-,23?/m1/s1. The lowest BCUT2D eigenvalue weighted by Gasteiger charge is -2.47. The van der Waals surface area contributed by atoms with Crippen LogP contribution >= 0.6 is 11.3 Å². The van der Waals surface area contributed by atoms with Crippen molar-refractivity contribution in [1.82, 2.24) is 20.0 Å². The Balaban J connectivity index is 1.75. The van der Waals surface area contributed by atoms with Crippen molar-refractivity contribution in [2.75, 3.05) is 52.6 Å². The van der Waals surface area contributed by atoms with E-state index < -0.39 is 6.23 Å². The molecule has 188 valence electrons. The van der Waals surface area contributed by atoms with Gasteiger partial charge in [-0.25, -0.2) is 4.79 Å². The van der Waals surface area contributed by atoms with Gasteiger partial charge in [-0.2, -0.15) is 5.26 Å². The number of nitrogens with zero attached hydrogens (tertiary/aromatic N) is 4. The first-order chi connectivity index (χ1) is 16.2. The first kappa shape index (κ1) is 26.4. The minimum absolute atomic E-state index is 0.0714. The van der Waals surface area contributed by atoms with Crippen molar-refractivity contribution in [3.8, 4) is 6.07 Å². The van der Waals surface area contributed by atoms with Crippen LogP contribution in [0.3, 0.4) is 0 Å². The maximum Gasteiger partial charge on any atom is 0.319 e. The van der Waals surface area contributed by atoms with Crippen LogP contribution in [0.5, 0.6) is 0 Å². The summed E-state index contributed by atoms with van der Waals surface area (Å²) in [4.78, 5) is 31.5. The van der Waals surface area contributed by atoms with Crippen molar-refractivity contribution < 1.29 is 14.7 Å². The number of hydrogen-bond donors (Lipinski definition) is 3. The molecule has 1 fully saturated rings. The number of carbonyl (C=O) groups is 2. The Morgan fingerprint density at radius 2 is 2.06 bits per heavy atom. The van der Waals surface area contributed by atoms with E-state index in [4.69, 9.17) is 0 Å².